The van der Waals surface area contributed by atoms with E-state index in [-0.39, 0.29) is 12.1 Å². The first-order chi connectivity index (χ1) is 13.5. The van der Waals surface area contributed by atoms with Gasteiger partial charge in [0.25, 0.3) is 5.56 Å². The minimum absolute atomic E-state index is 0.228. The van der Waals surface area contributed by atoms with Crippen LogP contribution in [0.4, 0.5) is 0 Å². The summed E-state index contributed by atoms with van der Waals surface area (Å²) in [6, 6.07) is 12.9. The molecule has 3 N–H and O–H groups in total. The summed E-state index contributed by atoms with van der Waals surface area (Å²) in [5.41, 5.74) is 8.86. The van der Waals surface area contributed by atoms with Crippen LogP contribution in [0.2, 0.25) is 5.02 Å². The first-order valence-corrected chi connectivity index (χ1v) is 9.04. The highest BCUT2D eigenvalue weighted by atomic mass is 35.5. The van der Waals surface area contributed by atoms with E-state index in [4.69, 9.17) is 22.1 Å². The number of hydrogen-bond donors (Lipinski definition) is 2. The number of benzene rings is 2. The van der Waals surface area contributed by atoms with Crippen LogP contribution in [-0.2, 0) is 6.54 Å². The lowest BCUT2D eigenvalue weighted by Crippen LogP contribution is -2.13. The fraction of sp³-hybridized carbons (Fsp3) is 0.0952. The number of aromatic amines is 1. The average molecular weight is 393 g/mol. The van der Waals surface area contributed by atoms with Crippen molar-refractivity contribution in [3.05, 3.63) is 81.5 Å². The van der Waals surface area contributed by atoms with Crippen LogP contribution in [0.5, 0.6) is 11.5 Å². The highest BCUT2D eigenvalue weighted by Crippen LogP contribution is 2.30. The van der Waals surface area contributed by atoms with Crippen molar-refractivity contribution < 1.29 is 4.74 Å². The number of nitrogens with one attached hydrogen (secondary N) is 1. The van der Waals surface area contributed by atoms with Gasteiger partial charge in [0.05, 0.1) is 17.3 Å². The Labute approximate surface area is 166 Å². The summed E-state index contributed by atoms with van der Waals surface area (Å²) < 4.78 is 5.89. The molecule has 140 valence electrons. The van der Waals surface area contributed by atoms with Gasteiger partial charge in [-0.05, 0) is 48.4 Å². The highest BCUT2D eigenvalue weighted by molar-refractivity contribution is 6.31. The summed E-state index contributed by atoms with van der Waals surface area (Å²) in [4.78, 5) is 16.3. The van der Waals surface area contributed by atoms with Crippen LogP contribution < -0.4 is 16.0 Å². The molecular formula is C21H17ClN4O2. The number of aromatic nitrogens is 3. The van der Waals surface area contributed by atoms with Crippen molar-refractivity contribution in [3.8, 4) is 22.6 Å². The number of ether oxygens (including phenoxy) is 1. The Kier molecular flexibility index (Phi) is 4.81. The fourth-order valence-corrected chi connectivity index (χ4v) is 3.13. The van der Waals surface area contributed by atoms with Crippen LogP contribution in [0.15, 0.2) is 59.7 Å². The molecule has 0 spiro atoms. The molecule has 0 bridgehead atoms. The maximum Gasteiger partial charge on any atom is 0.272 e. The van der Waals surface area contributed by atoms with E-state index >= 15 is 0 Å². The van der Waals surface area contributed by atoms with Crippen LogP contribution >= 0.6 is 11.6 Å². The Morgan fingerprint density at radius 1 is 1.04 bits per heavy atom. The first kappa shape index (κ1) is 18.2. The molecule has 2 aromatic heterocycles. The van der Waals surface area contributed by atoms with Gasteiger partial charge in [0, 0.05) is 28.7 Å². The van der Waals surface area contributed by atoms with Gasteiger partial charge in [0.2, 0.25) is 0 Å². The summed E-state index contributed by atoms with van der Waals surface area (Å²) in [7, 11) is 0. The lowest BCUT2D eigenvalue weighted by Gasteiger charge is -2.10. The number of H-pyrrole nitrogens is 1. The lowest BCUT2D eigenvalue weighted by molar-refractivity contribution is 0.480. The van der Waals surface area contributed by atoms with Crippen LogP contribution in [0.25, 0.3) is 21.9 Å². The molecule has 4 aromatic rings. The average Bonchev–Trinajstić information content (AvgIpc) is 2.71. The zero-order valence-corrected chi connectivity index (χ0v) is 15.8. The van der Waals surface area contributed by atoms with Crippen molar-refractivity contribution in [2.75, 3.05) is 0 Å². The summed E-state index contributed by atoms with van der Waals surface area (Å²) in [5, 5.41) is 8.42. The molecule has 0 saturated heterocycles. The smallest absolute Gasteiger partial charge is 0.272 e. The second kappa shape index (κ2) is 7.42. The number of aryl methyl sites for hydroxylation is 1. The molecule has 0 atom stereocenters. The maximum absolute atomic E-state index is 12.0. The fourth-order valence-electron chi connectivity index (χ4n) is 2.96. The van der Waals surface area contributed by atoms with E-state index in [0.29, 0.717) is 27.6 Å². The SMILES string of the molecule is Cc1ccc(Oc2cncc(-c3ccc4c(=O)[nH]nc(CN)c4c3)c2)cc1Cl. The van der Waals surface area contributed by atoms with Crippen LogP contribution in [0.3, 0.4) is 0 Å². The molecule has 0 aliphatic heterocycles. The summed E-state index contributed by atoms with van der Waals surface area (Å²) in [6.07, 6.45) is 3.37. The topological polar surface area (TPSA) is 93.9 Å². The van der Waals surface area contributed by atoms with Crippen LogP contribution in [0, 0.1) is 6.92 Å². The van der Waals surface area contributed by atoms with E-state index in [1.807, 2.05) is 37.3 Å². The Balaban J connectivity index is 1.73. The molecule has 0 aliphatic rings. The number of rotatable bonds is 4. The lowest BCUT2D eigenvalue weighted by atomic mass is 10.0. The van der Waals surface area contributed by atoms with Crippen LogP contribution in [-0.4, -0.2) is 15.2 Å². The van der Waals surface area contributed by atoms with Gasteiger partial charge in [-0.2, -0.15) is 5.10 Å². The van der Waals surface area contributed by atoms with Crippen molar-refractivity contribution in [1.82, 2.24) is 15.2 Å². The number of fused-ring (bicyclic) bond motifs is 1. The molecule has 0 amide bonds. The van der Waals surface area contributed by atoms with Crippen molar-refractivity contribution in [3.63, 3.8) is 0 Å². The van der Waals surface area contributed by atoms with E-state index in [9.17, 15) is 4.79 Å². The molecule has 2 aromatic carbocycles. The van der Waals surface area contributed by atoms with Gasteiger partial charge in [-0.3, -0.25) is 9.78 Å². The largest absolute Gasteiger partial charge is 0.456 e. The van der Waals surface area contributed by atoms with Crippen molar-refractivity contribution >= 4 is 22.4 Å². The third-order valence-corrected chi connectivity index (χ3v) is 4.89. The Bertz CT molecular complexity index is 1240. The molecule has 7 heteroatoms. The van der Waals surface area contributed by atoms with Gasteiger partial charge in [-0.25, -0.2) is 5.10 Å². The second-order valence-electron chi connectivity index (χ2n) is 6.39. The van der Waals surface area contributed by atoms with E-state index in [1.54, 1.807) is 24.5 Å². The summed E-state index contributed by atoms with van der Waals surface area (Å²) in [6.45, 7) is 2.16. The number of nitrogens with two attached hydrogens (primary N) is 1. The second-order valence-corrected chi connectivity index (χ2v) is 6.79. The third kappa shape index (κ3) is 3.47. The molecule has 6 nitrogen and oxygen atoms in total. The first-order valence-electron chi connectivity index (χ1n) is 8.66. The molecule has 0 radical (unpaired) electrons. The van der Waals surface area contributed by atoms with Crippen molar-refractivity contribution in [2.24, 2.45) is 5.73 Å². The van der Waals surface area contributed by atoms with Gasteiger partial charge in [-0.15, -0.1) is 0 Å². The Hall–Kier alpha value is -3.22. The van der Waals surface area contributed by atoms with E-state index in [2.05, 4.69) is 15.2 Å². The minimum Gasteiger partial charge on any atom is -0.456 e. The van der Waals surface area contributed by atoms with Gasteiger partial charge >= 0.3 is 0 Å². The summed E-state index contributed by atoms with van der Waals surface area (Å²) in [5.74, 6) is 1.22. The zero-order chi connectivity index (χ0) is 19.7. The monoisotopic (exact) mass is 392 g/mol. The third-order valence-electron chi connectivity index (χ3n) is 4.49. The van der Waals surface area contributed by atoms with Crippen molar-refractivity contribution in [2.45, 2.75) is 13.5 Å². The van der Waals surface area contributed by atoms with Gasteiger partial charge < -0.3 is 10.5 Å². The molecule has 28 heavy (non-hydrogen) atoms. The highest BCUT2D eigenvalue weighted by Gasteiger charge is 2.09. The standard InChI is InChI=1S/C21H17ClN4O2/c1-12-2-4-15(8-19(12)22)28-16-6-14(10-24-11-16)13-3-5-17-18(7-13)20(9-23)25-26-21(17)27/h2-8,10-11H,9,23H2,1H3,(H,26,27). The Morgan fingerprint density at radius 2 is 1.89 bits per heavy atom. The molecule has 0 aliphatic carbocycles. The normalized spacial score (nSPS) is 11.0. The summed E-state index contributed by atoms with van der Waals surface area (Å²) >= 11 is 6.16. The maximum atomic E-state index is 12.0. The number of hydrogen-bond acceptors (Lipinski definition) is 5. The zero-order valence-electron chi connectivity index (χ0n) is 15.1. The van der Waals surface area contributed by atoms with Crippen LogP contribution in [0.1, 0.15) is 11.3 Å². The van der Waals surface area contributed by atoms with Gasteiger partial charge in [-0.1, -0.05) is 23.7 Å². The number of pyridine rings is 1. The molecule has 0 fully saturated rings. The van der Waals surface area contributed by atoms with Gasteiger partial charge in [0.1, 0.15) is 11.5 Å². The number of halogens is 1. The quantitative estimate of drug-likeness (QED) is 0.542. The molecule has 4 rings (SSSR count). The predicted octanol–water partition coefficient (Wildman–Crippen LogP) is 4.20. The van der Waals surface area contributed by atoms with E-state index in [0.717, 1.165) is 22.1 Å². The van der Waals surface area contributed by atoms with E-state index in [1.165, 1.54) is 0 Å². The predicted molar refractivity (Wildman–Crippen MR) is 110 cm³/mol. The van der Waals surface area contributed by atoms with Gasteiger partial charge in [0.15, 0.2) is 0 Å². The molecule has 0 unspecified atom stereocenters. The van der Waals surface area contributed by atoms with Crippen molar-refractivity contribution in [1.29, 1.82) is 0 Å². The molecular weight excluding hydrogens is 376 g/mol. The molecule has 0 saturated carbocycles. The van der Waals surface area contributed by atoms with E-state index < -0.39 is 0 Å². The molecule has 2 heterocycles. The number of nitrogens with zero attached hydrogens (tertiary/aromatic N) is 2. The minimum atomic E-state index is -0.245. The Morgan fingerprint density at radius 3 is 2.68 bits per heavy atom.